The third kappa shape index (κ3) is 3.23. The summed E-state index contributed by atoms with van der Waals surface area (Å²) in [5.41, 5.74) is 0. The number of carboxylic acid groups (broad SMARTS) is 1. The fraction of sp³-hybridized carbons (Fsp3) is 0.538. The van der Waals surface area contributed by atoms with E-state index in [-0.39, 0.29) is 12.8 Å². The number of carbonyl (C=O) groups excluding carboxylic acids is 3. The SMILES string of the molecule is CCCCC(C(=O)O)N(C(=O)CC)N1C(=O)C=CC1=O. The van der Waals surface area contributed by atoms with Crippen molar-refractivity contribution in [2.75, 3.05) is 0 Å². The van der Waals surface area contributed by atoms with Crippen LogP contribution in [-0.4, -0.2) is 44.9 Å². The number of hydrogen-bond donors (Lipinski definition) is 1. The van der Waals surface area contributed by atoms with Gasteiger partial charge in [0.2, 0.25) is 5.91 Å². The summed E-state index contributed by atoms with van der Waals surface area (Å²) in [6.07, 6.45) is 3.57. The molecule has 7 nitrogen and oxygen atoms in total. The first kappa shape index (κ1) is 15.9. The summed E-state index contributed by atoms with van der Waals surface area (Å²) in [4.78, 5) is 46.7. The molecule has 20 heavy (non-hydrogen) atoms. The Morgan fingerprint density at radius 1 is 1.25 bits per heavy atom. The standard InChI is InChI=1S/C13H18N2O5/c1-3-5-6-9(13(19)20)14(10(16)4-2)15-11(17)7-8-12(15)18/h7-9H,3-6H2,1-2H3,(H,19,20). The molecule has 0 bridgehead atoms. The zero-order chi connectivity index (χ0) is 15.3. The fourth-order valence-corrected chi connectivity index (χ4v) is 1.94. The second-order valence-corrected chi connectivity index (χ2v) is 4.41. The van der Waals surface area contributed by atoms with Crippen molar-refractivity contribution in [1.29, 1.82) is 0 Å². The van der Waals surface area contributed by atoms with Crippen molar-refractivity contribution in [3.63, 3.8) is 0 Å². The number of hydrogen-bond acceptors (Lipinski definition) is 4. The molecule has 0 aromatic heterocycles. The molecular weight excluding hydrogens is 264 g/mol. The number of unbranched alkanes of at least 4 members (excludes halogenated alkanes) is 1. The molecule has 1 heterocycles. The van der Waals surface area contributed by atoms with Crippen LogP contribution in [0.1, 0.15) is 39.5 Å². The van der Waals surface area contributed by atoms with E-state index in [9.17, 15) is 24.3 Å². The molecule has 0 aromatic rings. The Labute approximate surface area is 116 Å². The van der Waals surface area contributed by atoms with Crippen LogP contribution in [0.5, 0.6) is 0 Å². The van der Waals surface area contributed by atoms with Gasteiger partial charge < -0.3 is 5.11 Å². The largest absolute Gasteiger partial charge is 0.480 e. The Bertz CT molecular complexity index is 440. The van der Waals surface area contributed by atoms with Crippen molar-refractivity contribution in [1.82, 2.24) is 10.0 Å². The first-order valence-electron chi connectivity index (χ1n) is 6.54. The minimum atomic E-state index is -1.23. The number of aliphatic carboxylic acids is 1. The second kappa shape index (κ2) is 6.83. The van der Waals surface area contributed by atoms with Crippen molar-refractivity contribution < 1.29 is 24.3 Å². The molecule has 7 heteroatoms. The van der Waals surface area contributed by atoms with E-state index >= 15 is 0 Å². The van der Waals surface area contributed by atoms with Crippen LogP contribution in [0, 0.1) is 0 Å². The lowest BCUT2D eigenvalue weighted by Gasteiger charge is -2.34. The molecule has 1 unspecified atom stereocenters. The summed E-state index contributed by atoms with van der Waals surface area (Å²) in [6.45, 7) is 3.44. The minimum Gasteiger partial charge on any atom is -0.480 e. The summed E-state index contributed by atoms with van der Waals surface area (Å²) < 4.78 is 0. The van der Waals surface area contributed by atoms with E-state index in [1.54, 1.807) is 6.92 Å². The quantitative estimate of drug-likeness (QED) is 0.694. The van der Waals surface area contributed by atoms with Gasteiger partial charge in [-0.1, -0.05) is 26.7 Å². The Morgan fingerprint density at radius 3 is 2.20 bits per heavy atom. The normalized spacial score (nSPS) is 15.6. The maximum absolute atomic E-state index is 12.0. The van der Waals surface area contributed by atoms with E-state index in [4.69, 9.17) is 0 Å². The van der Waals surface area contributed by atoms with Crippen molar-refractivity contribution in [2.45, 2.75) is 45.6 Å². The molecule has 0 saturated heterocycles. The third-order valence-corrected chi connectivity index (χ3v) is 2.97. The van der Waals surface area contributed by atoms with Crippen LogP contribution < -0.4 is 0 Å². The maximum atomic E-state index is 12.0. The van der Waals surface area contributed by atoms with Crippen LogP contribution in [0.4, 0.5) is 0 Å². The second-order valence-electron chi connectivity index (χ2n) is 4.41. The Hall–Kier alpha value is -2.18. The third-order valence-electron chi connectivity index (χ3n) is 2.97. The molecule has 0 radical (unpaired) electrons. The number of carbonyl (C=O) groups is 4. The lowest BCUT2D eigenvalue weighted by Crippen LogP contribution is -2.57. The number of hydrazine groups is 1. The molecule has 1 atom stereocenters. The molecule has 1 N–H and O–H groups in total. The number of rotatable bonds is 7. The first-order valence-corrected chi connectivity index (χ1v) is 6.54. The predicted molar refractivity (Wildman–Crippen MR) is 69.1 cm³/mol. The molecule has 110 valence electrons. The summed E-state index contributed by atoms with van der Waals surface area (Å²) in [5.74, 6) is -3.19. The van der Waals surface area contributed by atoms with Gasteiger partial charge in [0.1, 0.15) is 0 Å². The van der Waals surface area contributed by atoms with Gasteiger partial charge in [0.25, 0.3) is 11.8 Å². The monoisotopic (exact) mass is 282 g/mol. The van der Waals surface area contributed by atoms with Gasteiger partial charge in [0.15, 0.2) is 6.04 Å². The highest BCUT2D eigenvalue weighted by atomic mass is 16.4. The molecule has 0 aliphatic carbocycles. The molecule has 1 aliphatic rings. The molecule has 0 aromatic carbocycles. The average Bonchev–Trinajstić information content (AvgIpc) is 2.73. The van der Waals surface area contributed by atoms with E-state index < -0.39 is 29.7 Å². The fourth-order valence-electron chi connectivity index (χ4n) is 1.94. The first-order chi connectivity index (χ1) is 9.43. The number of nitrogens with zero attached hydrogens (tertiary/aromatic N) is 2. The summed E-state index contributed by atoms with van der Waals surface area (Å²) in [6, 6.07) is -1.21. The van der Waals surface area contributed by atoms with Crippen LogP contribution in [0.2, 0.25) is 0 Å². The van der Waals surface area contributed by atoms with Gasteiger partial charge in [0.05, 0.1) is 0 Å². The van der Waals surface area contributed by atoms with E-state index in [0.717, 1.165) is 23.6 Å². The van der Waals surface area contributed by atoms with Gasteiger partial charge in [-0.05, 0) is 6.42 Å². The molecule has 1 aliphatic heterocycles. The van der Waals surface area contributed by atoms with Gasteiger partial charge in [-0.15, -0.1) is 0 Å². The van der Waals surface area contributed by atoms with E-state index in [1.165, 1.54) is 0 Å². The summed E-state index contributed by atoms with van der Waals surface area (Å²) in [7, 11) is 0. The van der Waals surface area contributed by atoms with Crippen LogP contribution in [0.3, 0.4) is 0 Å². The molecule has 3 amide bonds. The lowest BCUT2D eigenvalue weighted by molar-refractivity contribution is -0.177. The Kier molecular flexibility index (Phi) is 5.42. The molecule has 1 rings (SSSR count). The van der Waals surface area contributed by atoms with Gasteiger partial charge in [0, 0.05) is 18.6 Å². The van der Waals surface area contributed by atoms with E-state index in [1.807, 2.05) is 6.92 Å². The highest BCUT2D eigenvalue weighted by molar-refractivity contribution is 6.13. The highest BCUT2D eigenvalue weighted by Gasteiger charge is 2.39. The topological polar surface area (TPSA) is 95.0 Å². The molecule has 0 spiro atoms. The summed E-state index contributed by atoms with van der Waals surface area (Å²) in [5, 5.41) is 10.7. The van der Waals surface area contributed by atoms with E-state index in [0.29, 0.717) is 11.4 Å². The van der Waals surface area contributed by atoms with Gasteiger partial charge in [-0.3, -0.25) is 14.4 Å². The smallest absolute Gasteiger partial charge is 0.328 e. The number of carboxylic acids is 1. The predicted octanol–water partition coefficient (Wildman–Crippen LogP) is 0.708. The van der Waals surface area contributed by atoms with Gasteiger partial charge in [-0.25, -0.2) is 9.80 Å². The number of amides is 3. The highest BCUT2D eigenvalue weighted by Crippen LogP contribution is 2.18. The van der Waals surface area contributed by atoms with Crippen LogP contribution >= 0.6 is 0 Å². The van der Waals surface area contributed by atoms with Crippen LogP contribution in [0.15, 0.2) is 12.2 Å². The summed E-state index contributed by atoms with van der Waals surface area (Å²) >= 11 is 0. The zero-order valence-electron chi connectivity index (χ0n) is 11.5. The van der Waals surface area contributed by atoms with Gasteiger partial charge >= 0.3 is 5.97 Å². The van der Waals surface area contributed by atoms with E-state index in [2.05, 4.69) is 0 Å². The van der Waals surface area contributed by atoms with Crippen molar-refractivity contribution in [3.8, 4) is 0 Å². The molecular formula is C13H18N2O5. The average molecular weight is 282 g/mol. The van der Waals surface area contributed by atoms with Crippen molar-refractivity contribution >= 4 is 23.7 Å². The Balaban J connectivity index is 3.09. The number of imide groups is 1. The molecule has 0 fully saturated rings. The Morgan fingerprint density at radius 2 is 1.80 bits per heavy atom. The minimum absolute atomic E-state index is 0.00691. The van der Waals surface area contributed by atoms with Crippen LogP contribution in [-0.2, 0) is 19.2 Å². The van der Waals surface area contributed by atoms with Crippen LogP contribution in [0.25, 0.3) is 0 Å². The maximum Gasteiger partial charge on any atom is 0.328 e. The van der Waals surface area contributed by atoms with Gasteiger partial charge in [-0.2, -0.15) is 5.01 Å². The molecule has 0 saturated carbocycles. The van der Waals surface area contributed by atoms with Crippen molar-refractivity contribution in [2.24, 2.45) is 0 Å². The zero-order valence-corrected chi connectivity index (χ0v) is 11.5. The lowest BCUT2D eigenvalue weighted by atomic mass is 10.1. The van der Waals surface area contributed by atoms with Crippen molar-refractivity contribution in [3.05, 3.63) is 12.2 Å².